The van der Waals surface area contributed by atoms with Crippen molar-refractivity contribution in [2.75, 3.05) is 13.1 Å². The molecule has 2 heterocycles. The molecule has 1 unspecified atom stereocenters. The fraction of sp³-hybridized carbons (Fsp3) is 0.500. The monoisotopic (exact) mass is 237 g/mol. The molecular weight excluding hydrogens is 222 g/mol. The van der Waals surface area contributed by atoms with E-state index in [9.17, 15) is 9.59 Å². The molecule has 0 aromatic carbocycles. The highest BCUT2D eigenvalue weighted by molar-refractivity contribution is 5.95. The number of carbonyl (C=O) groups is 2. The lowest BCUT2D eigenvalue weighted by atomic mass is 10.0. The number of carboxylic acid groups (broad SMARTS) is 1. The molecule has 1 aliphatic heterocycles. The Kier molecular flexibility index (Phi) is 3.17. The van der Waals surface area contributed by atoms with Gasteiger partial charge in [0.1, 0.15) is 6.26 Å². The van der Waals surface area contributed by atoms with Gasteiger partial charge in [-0.25, -0.2) is 4.79 Å². The standard InChI is InChI=1S/C12H15NO4/c1-8-3-2-4-13(6-8)11(14)10-5-9(7-17-10)12(15)16/h5,7-8H,2-4,6H2,1H3,(H,15,16). The molecule has 0 saturated carbocycles. The molecule has 1 N–H and O–H groups in total. The summed E-state index contributed by atoms with van der Waals surface area (Å²) in [7, 11) is 0. The van der Waals surface area contributed by atoms with E-state index in [4.69, 9.17) is 9.52 Å². The minimum Gasteiger partial charge on any atom is -0.478 e. The van der Waals surface area contributed by atoms with E-state index in [1.54, 1.807) is 4.90 Å². The number of hydrogen-bond acceptors (Lipinski definition) is 3. The van der Waals surface area contributed by atoms with Gasteiger partial charge in [0.05, 0.1) is 5.56 Å². The van der Waals surface area contributed by atoms with Gasteiger partial charge in [-0.2, -0.15) is 0 Å². The first kappa shape index (κ1) is 11.7. The van der Waals surface area contributed by atoms with E-state index < -0.39 is 5.97 Å². The number of furan rings is 1. The number of carboxylic acids is 1. The Morgan fingerprint density at radius 3 is 2.88 bits per heavy atom. The van der Waals surface area contributed by atoms with Gasteiger partial charge in [0, 0.05) is 19.2 Å². The van der Waals surface area contributed by atoms with Crippen LogP contribution in [0.1, 0.15) is 40.7 Å². The van der Waals surface area contributed by atoms with E-state index in [-0.39, 0.29) is 17.2 Å². The predicted octanol–water partition coefficient (Wildman–Crippen LogP) is 1.85. The van der Waals surface area contributed by atoms with Crippen LogP contribution in [0, 0.1) is 5.92 Å². The zero-order chi connectivity index (χ0) is 12.4. The number of nitrogens with zero attached hydrogens (tertiary/aromatic N) is 1. The fourth-order valence-electron chi connectivity index (χ4n) is 2.09. The van der Waals surface area contributed by atoms with Crippen molar-refractivity contribution in [3.8, 4) is 0 Å². The van der Waals surface area contributed by atoms with E-state index in [0.717, 1.165) is 19.1 Å². The van der Waals surface area contributed by atoms with Crippen molar-refractivity contribution in [2.45, 2.75) is 19.8 Å². The summed E-state index contributed by atoms with van der Waals surface area (Å²) >= 11 is 0. The van der Waals surface area contributed by atoms with Crippen LogP contribution in [0.5, 0.6) is 0 Å². The van der Waals surface area contributed by atoms with Crippen molar-refractivity contribution in [1.29, 1.82) is 0 Å². The molecule has 1 fully saturated rings. The van der Waals surface area contributed by atoms with Gasteiger partial charge in [0.25, 0.3) is 5.91 Å². The molecule has 0 spiro atoms. The smallest absolute Gasteiger partial charge is 0.338 e. The first-order valence-electron chi connectivity index (χ1n) is 5.69. The normalized spacial score (nSPS) is 20.3. The van der Waals surface area contributed by atoms with Gasteiger partial charge < -0.3 is 14.4 Å². The quantitative estimate of drug-likeness (QED) is 0.852. The molecule has 5 heteroatoms. The molecule has 1 atom stereocenters. The van der Waals surface area contributed by atoms with E-state index in [2.05, 4.69) is 6.92 Å². The van der Waals surface area contributed by atoms with Crippen LogP contribution in [-0.4, -0.2) is 35.0 Å². The lowest BCUT2D eigenvalue weighted by molar-refractivity contribution is 0.0649. The van der Waals surface area contributed by atoms with Crippen LogP contribution >= 0.6 is 0 Å². The summed E-state index contributed by atoms with van der Waals surface area (Å²) in [6.45, 7) is 3.53. The Morgan fingerprint density at radius 1 is 1.53 bits per heavy atom. The highest BCUT2D eigenvalue weighted by Crippen LogP contribution is 2.19. The molecule has 5 nitrogen and oxygen atoms in total. The zero-order valence-corrected chi connectivity index (χ0v) is 9.68. The Labute approximate surface area is 99.0 Å². The second-order valence-corrected chi connectivity index (χ2v) is 4.50. The SMILES string of the molecule is CC1CCCN(C(=O)c2cc(C(=O)O)co2)C1. The fourth-order valence-corrected chi connectivity index (χ4v) is 2.09. The third-order valence-corrected chi connectivity index (χ3v) is 3.00. The molecule has 1 aromatic rings. The first-order chi connectivity index (χ1) is 8.08. The Morgan fingerprint density at radius 2 is 2.29 bits per heavy atom. The molecule has 1 aliphatic rings. The maximum atomic E-state index is 12.0. The minimum atomic E-state index is -1.08. The Balaban J connectivity index is 2.10. The van der Waals surface area contributed by atoms with E-state index in [1.165, 1.54) is 6.07 Å². The van der Waals surface area contributed by atoms with Crippen molar-refractivity contribution in [3.05, 3.63) is 23.7 Å². The predicted molar refractivity (Wildman–Crippen MR) is 60.0 cm³/mol. The summed E-state index contributed by atoms with van der Waals surface area (Å²) in [6.07, 6.45) is 3.21. The van der Waals surface area contributed by atoms with Gasteiger partial charge in [0.15, 0.2) is 5.76 Å². The molecule has 0 bridgehead atoms. The summed E-state index contributed by atoms with van der Waals surface area (Å²) in [5.74, 6) is -0.707. The van der Waals surface area contributed by atoms with Crippen LogP contribution < -0.4 is 0 Å². The summed E-state index contributed by atoms with van der Waals surface area (Å²) < 4.78 is 5.00. The average Bonchev–Trinajstić information content (AvgIpc) is 2.77. The summed E-state index contributed by atoms with van der Waals surface area (Å²) in [5.41, 5.74) is 0.0124. The Hall–Kier alpha value is -1.78. The average molecular weight is 237 g/mol. The highest BCUT2D eigenvalue weighted by Gasteiger charge is 2.24. The molecule has 17 heavy (non-hydrogen) atoms. The maximum Gasteiger partial charge on any atom is 0.338 e. The Bertz CT molecular complexity index is 437. The number of likely N-dealkylation sites (tertiary alicyclic amines) is 1. The van der Waals surface area contributed by atoms with Crippen LogP contribution in [0.15, 0.2) is 16.7 Å². The molecule has 0 radical (unpaired) electrons. The lowest BCUT2D eigenvalue weighted by Gasteiger charge is -2.30. The number of aromatic carboxylic acids is 1. The van der Waals surface area contributed by atoms with E-state index in [0.29, 0.717) is 19.0 Å². The van der Waals surface area contributed by atoms with Crippen LogP contribution in [0.25, 0.3) is 0 Å². The third-order valence-electron chi connectivity index (χ3n) is 3.00. The third kappa shape index (κ3) is 2.49. The van der Waals surface area contributed by atoms with Gasteiger partial charge in [0.2, 0.25) is 0 Å². The minimum absolute atomic E-state index is 0.0124. The topological polar surface area (TPSA) is 70.8 Å². The van der Waals surface area contributed by atoms with Crippen LogP contribution in [0.3, 0.4) is 0 Å². The number of hydrogen-bond donors (Lipinski definition) is 1. The summed E-state index contributed by atoms with van der Waals surface area (Å²) in [5, 5.41) is 8.75. The number of amides is 1. The molecule has 1 amide bonds. The van der Waals surface area contributed by atoms with Gasteiger partial charge in [-0.15, -0.1) is 0 Å². The first-order valence-corrected chi connectivity index (χ1v) is 5.69. The molecule has 2 rings (SSSR count). The zero-order valence-electron chi connectivity index (χ0n) is 9.68. The van der Waals surface area contributed by atoms with Gasteiger partial charge in [-0.3, -0.25) is 4.79 Å². The second-order valence-electron chi connectivity index (χ2n) is 4.50. The van der Waals surface area contributed by atoms with Gasteiger partial charge >= 0.3 is 5.97 Å². The molecule has 92 valence electrons. The van der Waals surface area contributed by atoms with E-state index >= 15 is 0 Å². The number of rotatable bonds is 2. The maximum absolute atomic E-state index is 12.0. The molecule has 1 aromatic heterocycles. The number of piperidine rings is 1. The largest absolute Gasteiger partial charge is 0.478 e. The highest BCUT2D eigenvalue weighted by atomic mass is 16.4. The van der Waals surface area contributed by atoms with Crippen molar-refractivity contribution in [3.63, 3.8) is 0 Å². The van der Waals surface area contributed by atoms with Crippen molar-refractivity contribution >= 4 is 11.9 Å². The van der Waals surface area contributed by atoms with Crippen molar-refractivity contribution < 1.29 is 19.1 Å². The molecule has 1 saturated heterocycles. The lowest BCUT2D eigenvalue weighted by Crippen LogP contribution is -2.38. The molecule has 0 aliphatic carbocycles. The van der Waals surface area contributed by atoms with Gasteiger partial charge in [-0.1, -0.05) is 6.92 Å². The second kappa shape index (κ2) is 4.61. The number of carbonyl (C=O) groups excluding carboxylic acids is 1. The van der Waals surface area contributed by atoms with Crippen LogP contribution in [0.2, 0.25) is 0 Å². The van der Waals surface area contributed by atoms with Crippen molar-refractivity contribution in [1.82, 2.24) is 4.90 Å². The summed E-state index contributed by atoms with van der Waals surface area (Å²) in [6, 6.07) is 1.28. The van der Waals surface area contributed by atoms with Gasteiger partial charge in [-0.05, 0) is 18.8 Å². The molecular formula is C12H15NO4. The van der Waals surface area contributed by atoms with E-state index in [1.807, 2.05) is 0 Å². The van der Waals surface area contributed by atoms with Crippen LogP contribution in [0.4, 0.5) is 0 Å². The van der Waals surface area contributed by atoms with Crippen molar-refractivity contribution in [2.24, 2.45) is 5.92 Å². The summed E-state index contributed by atoms with van der Waals surface area (Å²) in [4.78, 5) is 24.4. The van der Waals surface area contributed by atoms with Crippen LogP contribution in [-0.2, 0) is 0 Å².